The molecule has 2 unspecified atom stereocenters. The molecule has 112 valence electrons. The molecule has 0 amide bonds. The van der Waals surface area contributed by atoms with Gasteiger partial charge in [0.2, 0.25) is 0 Å². The van der Waals surface area contributed by atoms with Gasteiger partial charge in [0.05, 0.1) is 13.2 Å². The second-order valence-corrected chi connectivity index (χ2v) is 10.8. The van der Waals surface area contributed by atoms with E-state index in [9.17, 15) is 0 Å². The normalized spacial score (nSPS) is 18.4. The van der Waals surface area contributed by atoms with Crippen LogP contribution in [0, 0.1) is 5.92 Å². The third-order valence-corrected chi connectivity index (χ3v) is 9.26. The van der Waals surface area contributed by atoms with Crippen molar-refractivity contribution in [1.29, 1.82) is 0 Å². The summed E-state index contributed by atoms with van der Waals surface area (Å²) in [4.78, 5) is 0. The summed E-state index contributed by atoms with van der Waals surface area (Å²) in [5.74, 6) is 1.83. The summed E-state index contributed by atoms with van der Waals surface area (Å²) in [6.45, 7) is 1.34. The lowest BCUT2D eigenvalue weighted by Gasteiger charge is -2.21. The molecule has 0 aromatic heterocycles. The summed E-state index contributed by atoms with van der Waals surface area (Å²) >= 11 is 5.67. The van der Waals surface area contributed by atoms with Gasteiger partial charge in [0.15, 0.2) is 6.49 Å². The van der Waals surface area contributed by atoms with Crippen LogP contribution in [0.5, 0.6) is 0 Å². The fourth-order valence-corrected chi connectivity index (χ4v) is 6.71. The highest BCUT2D eigenvalue weighted by Gasteiger charge is 2.22. The smallest absolute Gasteiger partial charge is 0.193 e. The molecule has 2 atom stereocenters. The monoisotopic (exact) mass is 330 g/mol. The van der Waals surface area contributed by atoms with Crippen LogP contribution in [-0.4, -0.2) is 19.1 Å². The molecule has 0 N–H and O–H groups in total. The molecular weight excluding hydrogens is 306 g/mol. The highest BCUT2D eigenvalue weighted by Crippen LogP contribution is 2.53. The Morgan fingerprint density at radius 2 is 2.00 bits per heavy atom. The SMILES string of the molecule is CCOP(=S)(CPc1ccccc1)OCCCC1CC1. The molecule has 0 bridgehead atoms. The maximum Gasteiger partial charge on any atom is 0.193 e. The molecule has 0 radical (unpaired) electrons. The van der Waals surface area contributed by atoms with Gasteiger partial charge in [-0.1, -0.05) is 51.8 Å². The third-order valence-electron chi connectivity index (χ3n) is 3.32. The van der Waals surface area contributed by atoms with E-state index in [-0.39, 0.29) is 0 Å². The van der Waals surface area contributed by atoms with Crippen molar-refractivity contribution in [2.75, 3.05) is 19.1 Å². The van der Waals surface area contributed by atoms with Crippen molar-refractivity contribution in [2.24, 2.45) is 5.92 Å². The van der Waals surface area contributed by atoms with Crippen LogP contribution in [0.3, 0.4) is 0 Å². The number of rotatable bonds is 10. The molecule has 0 aliphatic heterocycles. The van der Waals surface area contributed by atoms with E-state index in [0.717, 1.165) is 24.8 Å². The zero-order chi connectivity index (χ0) is 14.3. The van der Waals surface area contributed by atoms with E-state index in [0.29, 0.717) is 15.2 Å². The minimum Gasteiger partial charge on any atom is -0.329 e. The van der Waals surface area contributed by atoms with Crippen LogP contribution in [0.2, 0.25) is 0 Å². The van der Waals surface area contributed by atoms with Crippen molar-refractivity contribution in [3.8, 4) is 0 Å². The summed E-state index contributed by atoms with van der Waals surface area (Å²) in [5.41, 5.74) is 0. The van der Waals surface area contributed by atoms with Gasteiger partial charge in [-0.2, -0.15) is 0 Å². The predicted octanol–water partition coefficient (Wildman–Crippen LogP) is 4.50. The zero-order valence-electron chi connectivity index (χ0n) is 12.1. The fraction of sp³-hybridized carbons (Fsp3) is 0.600. The van der Waals surface area contributed by atoms with Crippen LogP contribution in [0.4, 0.5) is 0 Å². The Kier molecular flexibility index (Phi) is 7.14. The van der Waals surface area contributed by atoms with Gasteiger partial charge >= 0.3 is 0 Å². The van der Waals surface area contributed by atoms with Crippen LogP contribution in [0.1, 0.15) is 32.6 Å². The van der Waals surface area contributed by atoms with Gasteiger partial charge in [0.25, 0.3) is 0 Å². The van der Waals surface area contributed by atoms with E-state index in [1.54, 1.807) is 0 Å². The first kappa shape index (κ1) is 16.6. The molecule has 0 spiro atoms. The number of hydrogen-bond acceptors (Lipinski definition) is 3. The highest BCUT2D eigenvalue weighted by molar-refractivity contribution is 8.12. The lowest BCUT2D eigenvalue weighted by atomic mass is 10.2. The Hall–Kier alpha value is 0.220. The lowest BCUT2D eigenvalue weighted by molar-refractivity contribution is 0.253. The first-order chi connectivity index (χ1) is 9.72. The Morgan fingerprint density at radius 3 is 2.65 bits per heavy atom. The Labute approximate surface area is 129 Å². The summed E-state index contributed by atoms with van der Waals surface area (Å²) < 4.78 is 11.8. The van der Waals surface area contributed by atoms with Gasteiger partial charge in [-0.05, 0) is 42.8 Å². The van der Waals surface area contributed by atoms with E-state index in [2.05, 4.69) is 24.3 Å². The van der Waals surface area contributed by atoms with E-state index in [1.165, 1.54) is 24.6 Å². The van der Waals surface area contributed by atoms with Crippen LogP contribution in [0.25, 0.3) is 0 Å². The van der Waals surface area contributed by atoms with Crippen molar-refractivity contribution in [3.05, 3.63) is 30.3 Å². The molecule has 0 heterocycles. The molecule has 5 heteroatoms. The maximum absolute atomic E-state index is 5.98. The summed E-state index contributed by atoms with van der Waals surface area (Å²) in [5, 5.41) is 1.34. The van der Waals surface area contributed by atoms with Gasteiger partial charge in [0, 0.05) is 5.90 Å². The second-order valence-electron chi connectivity index (χ2n) is 5.15. The van der Waals surface area contributed by atoms with Gasteiger partial charge in [0.1, 0.15) is 0 Å². The van der Waals surface area contributed by atoms with Crippen molar-refractivity contribution < 1.29 is 9.05 Å². The number of hydrogen-bond donors (Lipinski definition) is 0. The average Bonchev–Trinajstić information content (AvgIpc) is 3.27. The minimum absolute atomic E-state index is 0.652. The molecule has 1 aromatic carbocycles. The largest absolute Gasteiger partial charge is 0.329 e. The Morgan fingerprint density at radius 1 is 1.25 bits per heavy atom. The summed E-state index contributed by atoms with van der Waals surface area (Å²) in [7, 11) is 0.681. The number of benzene rings is 1. The Balaban J connectivity index is 1.75. The molecule has 2 rings (SSSR count). The molecular formula is C15H24O2P2S. The van der Waals surface area contributed by atoms with Crippen molar-refractivity contribution in [2.45, 2.75) is 32.6 Å². The van der Waals surface area contributed by atoms with Gasteiger partial charge < -0.3 is 9.05 Å². The van der Waals surface area contributed by atoms with Gasteiger partial charge in [-0.25, -0.2) is 0 Å². The van der Waals surface area contributed by atoms with E-state index < -0.39 is 6.49 Å². The standard InChI is InChI=1S/C15H24O2P2S/c1-2-16-19(20,17-12-6-7-14-10-11-14)13-18-15-8-4-3-5-9-15/h3-5,8-9,14,18H,2,6-7,10-13H2,1H3. The molecule has 20 heavy (non-hydrogen) atoms. The molecule has 2 nitrogen and oxygen atoms in total. The second kappa shape index (κ2) is 8.61. The van der Waals surface area contributed by atoms with E-state index in [4.69, 9.17) is 20.9 Å². The highest BCUT2D eigenvalue weighted by atomic mass is 32.5. The van der Waals surface area contributed by atoms with Crippen LogP contribution >= 0.6 is 15.1 Å². The summed E-state index contributed by atoms with van der Waals surface area (Å²) in [6, 6.07) is 10.5. The summed E-state index contributed by atoms with van der Waals surface area (Å²) in [6.07, 6.45) is 5.25. The van der Waals surface area contributed by atoms with Crippen LogP contribution in [-0.2, 0) is 20.9 Å². The molecule has 1 aromatic rings. The minimum atomic E-state index is -2.08. The topological polar surface area (TPSA) is 18.5 Å². The molecule has 1 saturated carbocycles. The fourth-order valence-electron chi connectivity index (χ4n) is 2.05. The Bertz CT molecular complexity index is 435. The van der Waals surface area contributed by atoms with Gasteiger partial charge in [-0.15, -0.1) is 0 Å². The molecule has 1 aliphatic carbocycles. The third kappa shape index (κ3) is 6.33. The van der Waals surface area contributed by atoms with Crippen LogP contribution in [0.15, 0.2) is 30.3 Å². The molecule has 1 aliphatic rings. The molecule has 0 saturated heterocycles. The zero-order valence-corrected chi connectivity index (χ0v) is 14.8. The van der Waals surface area contributed by atoms with E-state index in [1.807, 2.05) is 13.0 Å². The first-order valence-corrected chi connectivity index (χ1v) is 11.4. The van der Waals surface area contributed by atoms with Crippen molar-refractivity contribution >= 4 is 32.2 Å². The van der Waals surface area contributed by atoms with Crippen LogP contribution < -0.4 is 5.30 Å². The van der Waals surface area contributed by atoms with Gasteiger partial charge in [-0.3, -0.25) is 0 Å². The van der Waals surface area contributed by atoms with Crippen molar-refractivity contribution in [3.63, 3.8) is 0 Å². The predicted molar refractivity (Wildman–Crippen MR) is 93.1 cm³/mol. The quantitative estimate of drug-likeness (QED) is 0.465. The molecule has 1 fully saturated rings. The lowest BCUT2D eigenvalue weighted by Crippen LogP contribution is -2.02. The maximum atomic E-state index is 5.98. The van der Waals surface area contributed by atoms with E-state index >= 15 is 0 Å². The van der Waals surface area contributed by atoms with Crippen molar-refractivity contribution in [1.82, 2.24) is 0 Å². The first-order valence-electron chi connectivity index (χ1n) is 7.39. The average molecular weight is 330 g/mol.